The van der Waals surface area contributed by atoms with Gasteiger partial charge in [-0.3, -0.25) is 4.98 Å². The maximum Gasteiger partial charge on any atom is 0.211 e. The summed E-state index contributed by atoms with van der Waals surface area (Å²) in [5, 5.41) is 19.9. The summed E-state index contributed by atoms with van der Waals surface area (Å²) in [6.07, 6.45) is 5.33. The molecule has 0 unspecified atom stereocenters. The Labute approximate surface area is 138 Å². The molecule has 0 aliphatic carbocycles. The van der Waals surface area contributed by atoms with Gasteiger partial charge in [0, 0.05) is 16.5 Å². The van der Waals surface area contributed by atoms with E-state index in [-0.39, 0.29) is 6.61 Å². The molecule has 1 aromatic heterocycles. The van der Waals surface area contributed by atoms with Crippen LogP contribution in [0.25, 0.3) is 0 Å². The van der Waals surface area contributed by atoms with Crippen LogP contribution in [0.2, 0.25) is 0 Å². The molecule has 2 heterocycles. The lowest BCUT2D eigenvalue weighted by molar-refractivity contribution is -0.615. The smallest absolute Gasteiger partial charge is 0.211 e. The summed E-state index contributed by atoms with van der Waals surface area (Å²) in [5.74, 6) is 1.35. The molecule has 2 bridgehead atoms. The summed E-state index contributed by atoms with van der Waals surface area (Å²) in [7, 11) is 0. The van der Waals surface area contributed by atoms with Crippen LogP contribution in [0.4, 0.5) is 0 Å². The molecule has 1 N–H and O–H groups in total. The van der Waals surface area contributed by atoms with Crippen LogP contribution >= 0.6 is 15.9 Å². The van der Waals surface area contributed by atoms with Crippen LogP contribution in [0.15, 0.2) is 35.2 Å². The Kier molecular flexibility index (Phi) is 5.74. The quantitative estimate of drug-likeness (QED) is 0.669. The average molecular weight is 367 g/mol. The maximum atomic E-state index is 11.0. The van der Waals surface area contributed by atoms with E-state index in [9.17, 15) is 5.21 Å². The van der Waals surface area contributed by atoms with Crippen molar-refractivity contribution in [2.24, 2.45) is 5.92 Å². The number of halogens is 1. The molecule has 1 aromatic carbocycles. The van der Waals surface area contributed by atoms with E-state index in [1.54, 1.807) is 6.20 Å². The van der Waals surface area contributed by atoms with Crippen molar-refractivity contribution in [2.75, 3.05) is 0 Å². The number of aliphatic hydroxyl groups is 1. The highest BCUT2D eigenvalue weighted by atomic mass is 79.9. The standard InChI is InChI=1S/C8H7BrO2.C8H12N2O/c9-8-5(3-10)1-7-2-6(8)4-11-7;1-7(2)5-8-6-9-3-4-10(8)11/h1-2,10H,3-4H2;3-4,6-7H,5H2,1-2H3. The highest BCUT2D eigenvalue weighted by Gasteiger charge is 2.14. The topological polar surface area (TPSA) is 69.3 Å². The van der Waals surface area contributed by atoms with Gasteiger partial charge in [-0.15, -0.1) is 0 Å². The maximum absolute atomic E-state index is 11.0. The molecule has 0 amide bonds. The molecule has 0 radical (unpaired) electrons. The zero-order valence-electron chi connectivity index (χ0n) is 12.6. The number of fused-ring (bicyclic) bond motifs is 2. The lowest BCUT2D eigenvalue weighted by Crippen LogP contribution is -2.32. The van der Waals surface area contributed by atoms with Gasteiger partial charge in [0.05, 0.1) is 19.0 Å². The van der Waals surface area contributed by atoms with Crippen LogP contribution < -0.4 is 9.47 Å². The van der Waals surface area contributed by atoms with Crippen molar-refractivity contribution in [3.8, 4) is 5.75 Å². The Morgan fingerprint density at radius 3 is 2.86 bits per heavy atom. The van der Waals surface area contributed by atoms with Crippen LogP contribution in [0.1, 0.15) is 30.7 Å². The van der Waals surface area contributed by atoms with Gasteiger partial charge in [-0.05, 0) is 23.6 Å². The van der Waals surface area contributed by atoms with E-state index in [1.165, 1.54) is 12.4 Å². The minimum absolute atomic E-state index is 0.0603. The summed E-state index contributed by atoms with van der Waals surface area (Å²) in [6.45, 7) is 4.83. The Balaban J connectivity index is 0.000000160. The van der Waals surface area contributed by atoms with E-state index in [0.717, 1.165) is 38.2 Å². The Morgan fingerprint density at radius 1 is 1.45 bits per heavy atom. The van der Waals surface area contributed by atoms with Crippen LogP contribution in [0.5, 0.6) is 5.75 Å². The summed E-state index contributed by atoms with van der Waals surface area (Å²) in [4.78, 5) is 3.88. The Hall–Kier alpha value is -1.66. The van der Waals surface area contributed by atoms with E-state index in [4.69, 9.17) is 9.84 Å². The molecule has 3 rings (SSSR count). The third kappa shape index (κ3) is 4.18. The first kappa shape index (κ1) is 16.7. The van der Waals surface area contributed by atoms with Gasteiger partial charge in [0.15, 0.2) is 6.20 Å². The molecule has 0 atom stereocenters. The molecule has 118 valence electrons. The highest BCUT2D eigenvalue weighted by Crippen LogP contribution is 2.33. The van der Waals surface area contributed by atoms with E-state index < -0.39 is 0 Å². The van der Waals surface area contributed by atoms with E-state index in [0.29, 0.717) is 12.5 Å². The van der Waals surface area contributed by atoms with E-state index >= 15 is 0 Å². The monoisotopic (exact) mass is 366 g/mol. The predicted molar refractivity (Wildman–Crippen MR) is 86.1 cm³/mol. The fourth-order valence-corrected chi connectivity index (χ4v) is 2.59. The van der Waals surface area contributed by atoms with Crippen LogP contribution in [0, 0.1) is 11.1 Å². The lowest BCUT2D eigenvalue weighted by atomic mass is 10.1. The normalized spacial score (nSPS) is 11.9. The summed E-state index contributed by atoms with van der Waals surface area (Å²) < 4.78 is 7.11. The third-order valence-electron chi connectivity index (χ3n) is 3.17. The van der Waals surface area contributed by atoms with Crippen molar-refractivity contribution >= 4 is 15.9 Å². The number of hydrogen-bond acceptors (Lipinski definition) is 4. The fourth-order valence-electron chi connectivity index (χ4n) is 2.12. The van der Waals surface area contributed by atoms with E-state index in [1.807, 2.05) is 12.1 Å². The van der Waals surface area contributed by atoms with Crippen molar-refractivity contribution in [2.45, 2.75) is 33.5 Å². The second-order valence-corrected chi connectivity index (χ2v) is 6.29. The predicted octanol–water partition coefficient (Wildman–Crippen LogP) is 2.75. The van der Waals surface area contributed by atoms with Crippen molar-refractivity contribution in [1.29, 1.82) is 0 Å². The third-order valence-corrected chi connectivity index (χ3v) is 4.19. The largest absolute Gasteiger partial charge is 0.618 e. The molecular weight excluding hydrogens is 348 g/mol. The molecule has 0 saturated carbocycles. The van der Waals surface area contributed by atoms with Crippen LogP contribution in [0.3, 0.4) is 0 Å². The first-order valence-electron chi connectivity index (χ1n) is 7.08. The molecule has 2 aromatic rings. The zero-order chi connectivity index (χ0) is 16.1. The summed E-state index contributed by atoms with van der Waals surface area (Å²) in [5.41, 5.74) is 2.75. The van der Waals surface area contributed by atoms with Crippen molar-refractivity contribution in [3.63, 3.8) is 0 Å². The number of aliphatic hydroxyl groups excluding tert-OH is 1. The zero-order valence-corrected chi connectivity index (χ0v) is 14.2. The van der Waals surface area contributed by atoms with Gasteiger partial charge >= 0.3 is 0 Å². The van der Waals surface area contributed by atoms with Crippen LogP contribution in [-0.2, 0) is 19.6 Å². The van der Waals surface area contributed by atoms with Gasteiger partial charge in [0.2, 0.25) is 5.69 Å². The fraction of sp³-hybridized carbons (Fsp3) is 0.375. The molecule has 5 nitrogen and oxygen atoms in total. The minimum atomic E-state index is 0.0603. The molecule has 1 aliphatic rings. The molecule has 0 fully saturated rings. The van der Waals surface area contributed by atoms with Crippen molar-refractivity contribution in [1.82, 2.24) is 4.98 Å². The van der Waals surface area contributed by atoms with Gasteiger partial charge in [0.25, 0.3) is 0 Å². The molecule has 6 heteroatoms. The highest BCUT2D eigenvalue weighted by molar-refractivity contribution is 9.10. The van der Waals surface area contributed by atoms with Crippen LogP contribution in [-0.4, -0.2) is 10.1 Å². The number of rotatable bonds is 3. The Morgan fingerprint density at radius 2 is 2.23 bits per heavy atom. The van der Waals surface area contributed by atoms with Gasteiger partial charge in [0.1, 0.15) is 12.4 Å². The molecule has 0 spiro atoms. The van der Waals surface area contributed by atoms with Crippen molar-refractivity contribution < 1.29 is 14.6 Å². The second kappa shape index (κ2) is 7.56. The van der Waals surface area contributed by atoms with Gasteiger partial charge < -0.3 is 15.1 Å². The van der Waals surface area contributed by atoms with Gasteiger partial charge in [-0.1, -0.05) is 29.8 Å². The average Bonchev–Trinajstić information content (AvgIpc) is 2.90. The SMILES string of the molecule is CC(C)Cc1cncc[n+]1[O-].OCc1cc2cc(c1Br)CO2. The number of ether oxygens (including phenoxy) is 1. The summed E-state index contributed by atoms with van der Waals surface area (Å²) in [6, 6.07) is 3.82. The first-order chi connectivity index (χ1) is 10.5. The first-order valence-corrected chi connectivity index (χ1v) is 7.87. The molecule has 0 saturated heterocycles. The van der Waals surface area contributed by atoms with Crippen molar-refractivity contribution in [3.05, 3.63) is 57.2 Å². The number of benzene rings is 1. The summed E-state index contributed by atoms with van der Waals surface area (Å²) >= 11 is 3.39. The molecular formula is C16H19BrN2O3. The van der Waals surface area contributed by atoms with Gasteiger partial charge in [-0.2, -0.15) is 4.73 Å². The Bertz CT molecular complexity index is 647. The second-order valence-electron chi connectivity index (χ2n) is 5.49. The number of hydrogen-bond donors (Lipinski definition) is 1. The van der Waals surface area contributed by atoms with E-state index in [2.05, 4.69) is 34.8 Å². The van der Waals surface area contributed by atoms with Gasteiger partial charge in [-0.25, -0.2) is 0 Å². The number of aromatic nitrogens is 2. The molecule has 22 heavy (non-hydrogen) atoms. The number of nitrogens with zero attached hydrogens (tertiary/aromatic N) is 2. The minimum Gasteiger partial charge on any atom is -0.618 e. The lowest BCUT2D eigenvalue weighted by Gasteiger charge is -2.04. The molecule has 1 aliphatic heterocycles.